The normalized spacial score (nSPS) is 20.4. The monoisotopic (exact) mass is 440 g/mol. The van der Waals surface area contributed by atoms with E-state index in [4.69, 9.17) is 4.42 Å². The van der Waals surface area contributed by atoms with Gasteiger partial charge in [0.1, 0.15) is 11.6 Å². The number of hydrogen-bond acceptors (Lipinski definition) is 6. The van der Waals surface area contributed by atoms with E-state index in [1.54, 1.807) is 24.7 Å². The van der Waals surface area contributed by atoms with Gasteiger partial charge >= 0.3 is 0 Å². The summed E-state index contributed by atoms with van der Waals surface area (Å²) in [6, 6.07) is 12.9. The molecular weight excluding hydrogens is 416 g/mol. The van der Waals surface area contributed by atoms with E-state index in [0.717, 1.165) is 22.7 Å². The Labute approximate surface area is 191 Å². The standard InChI is InChI=1S/C26H24N4O3/c1-15-6-3-9-22(28-15)30-26(32)23-16(2)29-19-12-18(21-8-5-11-33-21)13-20(31)25(19)24(23)17-7-4-10-27-14-17/h3-11,14,18,24,29H,12-13H2,1-2H3,(H,28,30,32)/t18-,24+/m0/s1. The predicted molar refractivity (Wildman–Crippen MR) is 123 cm³/mol. The molecule has 0 bridgehead atoms. The molecule has 2 N–H and O–H groups in total. The van der Waals surface area contributed by atoms with E-state index in [1.165, 1.54) is 0 Å². The van der Waals surface area contributed by atoms with Crippen LogP contribution in [-0.2, 0) is 9.59 Å². The first-order valence-electron chi connectivity index (χ1n) is 10.9. The van der Waals surface area contributed by atoms with Crippen LogP contribution in [0.4, 0.5) is 5.82 Å². The highest BCUT2D eigenvalue weighted by atomic mass is 16.3. The highest BCUT2D eigenvalue weighted by Gasteiger charge is 2.41. The number of pyridine rings is 2. The third-order valence-corrected chi connectivity index (χ3v) is 6.17. The fourth-order valence-electron chi connectivity index (χ4n) is 4.74. The molecule has 0 spiro atoms. The number of nitrogens with zero attached hydrogens (tertiary/aromatic N) is 2. The number of carbonyl (C=O) groups is 2. The highest BCUT2D eigenvalue weighted by molar-refractivity contribution is 6.09. The smallest absolute Gasteiger partial charge is 0.255 e. The van der Waals surface area contributed by atoms with Crippen molar-refractivity contribution in [2.24, 2.45) is 0 Å². The van der Waals surface area contributed by atoms with Crippen LogP contribution >= 0.6 is 0 Å². The van der Waals surface area contributed by atoms with Crippen molar-refractivity contribution in [1.29, 1.82) is 0 Å². The van der Waals surface area contributed by atoms with Gasteiger partial charge in [0.05, 0.1) is 6.26 Å². The van der Waals surface area contributed by atoms with E-state index in [1.807, 2.05) is 50.2 Å². The van der Waals surface area contributed by atoms with Crippen LogP contribution in [-0.4, -0.2) is 21.7 Å². The SMILES string of the molecule is CC1=C(C(=O)Nc2cccc(C)n2)[C@@H](c2cccnc2)C2=C(C[C@H](c3ccco3)CC2=O)N1. The number of hydrogen-bond donors (Lipinski definition) is 2. The van der Waals surface area contributed by atoms with E-state index < -0.39 is 5.92 Å². The number of aryl methyl sites for hydroxylation is 1. The number of allylic oxidation sites excluding steroid dienone is 3. The molecule has 3 aromatic rings. The average molecular weight is 441 g/mol. The van der Waals surface area contributed by atoms with Gasteiger partial charge in [-0.2, -0.15) is 0 Å². The summed E-state index contributed by atoms with van der Waals surface area (Å²) < 4.78 is 5.58. The molecule has 0 saturated heterocycles. The molecule has 166 valence electrons. The topological polar surface area (TPSA) is 97.1 Å². The minimum atomic E-state index is -0.509. The Kier molecular flexibility index (Phi) is 5.38. The zero-order valence-corrected chi connectivity index (χ0v) is 18.5. The molecule has 0 aromatic carbocycles. The number of rotatable bonds is 4. The highest BCUT2D eigenvalue weighted by Crippen LogP contribution is 2.45. The molecule has 7 heteroatoms. The second-order valence-electron chi connectivity index (χ2n) is 8.44. The molecular formula is C26H24N4O3. The van der Waals surface area contributed by atoms with Crippen LogP contribution in [0.1, 0.15) is 48.6 Å². The Morgan fingerprint density at radius 1 is 1.12 bits per heavy atom. The molecule has 0 radical (unpaired) electrons. The van der Waals surface area contributed by atoms with Crippen LogP contribution in [0.3, 0.4) is 0 Å². The van der Waals surface area contributed by atoms with Crippen molar-refractivity contribution in [3.8, 4) is 0 Å². The Hall–Kier alpha value is -4.00. The number of anilines is 1. The maximum atomic E-state index is 13.5. The molecule has 2 atom stereocenters. The van der Waals surface area contributed by atoms with Gasteiger partial charge < -0.3 is 15.1 Å². The minimum Gasteiger partial charge on any atom is -0.469 e. The van der Waals surface area contributed by atoms with Gasteiger partial charge in [0.2, 0.25) is 0 Å². The average Bonchev–Trinajstić information content (AvgIpc) is 3.33. The fourth-order valence-corrected chi connectivity index (χ4v) is 4.74. The van der Waals surface area contributed by atoms with E-state index in [0.29, 0.717) is 35.5 Å². The molecule has 1 aliphatic carbocycles. The molecule has 0 unspecified atom stereocenters. The van der Waals surface area contributed by atoms with E-state index in [2.05, 4.69) is 20.6 Å². The quantitative estimate of drug-likeness (QED) is 0.625. The lowest BCUT2D eigenvalue weighted by atomic mass is 9.72. The number of nitrogens with one attached hydrogen (secondary N) is 2. The van der Waals surface area contributed by atoms with Crippen LogP contribution in [0.15, 0.2) is 88.1 Å². The third-order valence-electron chi connectivity index (χ3n) is 6.17. The molecule has 7 nitrogen and oxygen atoms in total. The van der Waals surface area contributed by atoms with Crippen molar-refractivity contribution < 1.29 is 14.0 Å². The number of ketones is 1. The lowest BCUT2D eigenvalue weighted by Crippen LogP contribution is -2.37. The van der Waals surface area contributed by atoms with Crippen molar-refractivity contribution in [2.75, 3.05) is 5.32 Å². The lowest BCUT2D eigenvalue weighted by Gasteiger charge is -2.36. The van der Waals surface area contributed by atoms with Gasteiger partial charge in [0.15, 0.2) is 5.78 Å². The van der Waals surface area contributed by atoms with Crippen molar-refractivity contribution in [1.82, 2.24) is 15.3 Å². The van der Waals surface area contributed by atoms with Crippen molar-refractivity contribution in [3.63, 3.8) is 0 Å². The van der Waals surface area contributed by atoms with Gasteiger partial charge in [-0.25, -0.2) is 4.98 Å². The third kappa shape index (κ3) is 3.98. The number of furan rings is 1. The van der Waals surface area contributed by atoms with Gasteiger partial charge in [0, 0.05) is 58.9 Å². The van der Waals surface area contributed by atoms with E-state index >= 15 is 0 Å². The van der Waals surface area contributed by atoms with Crippen LogP contribution in [0.2, 0.25) is 0 Å². The molecule has 3 aromatic heterocycles. The number of Topliss-reactive ketones (excluding diaryl/α,β-unsaturated/α-hetero) is 1. The Morgan fingerprint density at radius 2 is 2.00 bits per heavy atom. The number of aromatic nitrogens is 2. The molecule has 1 amide bonds. The lowest BCUT2D eigenvalue weighted by molar-refractivity contribution is -0.116. The second kappa shape index (κ2) is 8.50. The van der Waals surface area contributed by atoms with Crippen molar-refractivity contribution in [2.45, 2.75) is 38.5 Å². The van der Waals surface area contributed by atoms with Crippen LogP contribution in [0.5, 0.6) is 0 Å². The predicted octanol–water partition coefficient (Wildman–Crippen LogP) is 4.38. The maximum absolute atomic E-state index is 13.5. The summed E-state index contributed by atoms with van der Waals surface area (Å²) in [5.74, 6) is 0.436. The summed E-state index contributed by atoms with van der Waals surface area (Å²) in [6.45, 7) is 3.74. The molecule has 2 aliphatic rings. The molecule has 0 saturated carbocycles. The molecule has 5 rings (SSSR count). The summed E-state index contributed by atoms with van der Waals surface area (Å²) in [4.78, 5) is 35.6. The van der Waals surface area contributed by atoms with Gasteiger partial charge in [0.25, 0.3) is 5.91 Å². The number of dihydropyridines is 1. The Morgan fingerprint density at radius 3 is 2.73 bits per heavy atom. The fraction of sp³-hybridized carbons (Fsp3) is 0.231. The van der Waals surface area contributed by atoms with Crippen LogP contribution in [0.25, 0.3) is 0 Å². The minimum absolute atomic E-state index is 0.00508. The van der Waals surface area contributed by atoms with Crippen molar-refractivity contribution >= 4 is 17.5 Å². The van der Waals surface area contributed by atoms with E-state index in [-0.39, 0.29) is 17.6 Å². The summed E-state index contributed by atoms with van der Waals surface area (Å²) in [5.41, 5.74) is 4.27. The molecule has 1 aliphatic heterocycles. The maximum Gasteiger partial charge on any atom is 0.255 e. The van der Waals surface area contributed by atoms with E-state index in [9.17, 15) is 9.59 Å². The Bertz CT molecular complexity index is 1280. The Balaban J connectivity index is 1.55. The molecule has 4 heterocycles. The summed E-state index contributed by atoms with van der Waals surface area (Å²) in [5, 5.41) is 6.27. The molecule has 0 fully saturated rings. The van der Waals surface area contributed by atoms with Gasteiger partial charge in [-0.3, -0.25) is 14.6 Å². The van der Waals surface area contributed by atoms with Crippen LogP contribution in [0, 0.1) is 6.92 Å². The summed E-state index contributed by atoms with van der Waals surface area (Å²) >= 11 is 0. The van der Waals surface area contributed by atoms with Gasteiger partial charge in [-0.15, -0.1) is 0 Å². The first kappa shape index (κ1) is 20.9. The summed E-state index contributed by atoms with van der Waals surface area (Å²) in [6.07, 6.45) is 6.00. The number of amides is 1. The number of carbonyl (C=O) groups excluding carboxylic acids is 2. The first-order chi connectivity index (χ1) is 16.0. The first-order valence-corrected chi connectivity index (χ1v) is 10.9. The zero-order valence-electron chi connectivity index (χ0n) is 18.5. The van der Waals surface area contributed by atoms with Gasteiger partial charge in [-0.05, 0) is 56.2 Å². The largest absolute Gasteiger partial charge is 0.469 e. The van der Waals surface area contributed by atoms with Gasteiger partial charge in [-0.1, -0.05) is 12.1 Å². The van der Waals surface area contributed by atoms with Crippen molar-refractivity contribution in [3.05, 3.63) is 101 Å². The zero-order chi connectivity index (χ0) is 22.9. The van der Waals surface area contributed by atoms with Crippen LogP contribution < -0.4 is 10.6 Å². The summed E-state index contributed by atoms with van der Waals surface area (Å²) in [7, 11) is 0. The molecule has 33 heavy (non-hydrogen) atoms. The second-order valence-corrected chi connectivity index (χ2v) is 8.44.